The van der Waals surface area contributed by atoms with Gasteiger partial charge < -0.3 is 19.9 Å². The van der Waals surface area contributed by atoms with Crippen molar-refractivity contribution in [2.45, 2.75) is 32.2 Å². The molecule has 0 spiro atoms. The van der Waals surface area contributed by atoms with Crippen molar-refractivity contribution in [3.05, 3.63) is 23.8 Å². The largest absolute Gasteiger partial charge is 0.493 e. The van der Waals surface area contributed by atoms with E-state index in [2.05, 4.69) is 5.32 Å². The van der Waals surface area contributed by atoms with E-state index in [1.54, 1.807) is 14.2 Å². The second-order valence-corrected chi connectivity index (χ2v) is 5.03. The fourth-order valence-corrected chi connectivity index (χ4v) is 2.39. The van der Waals surface area contributed by atoms with Crippen molar-refractivity contribution >= 4 is 5.97 Å². The Morgan fingerprint density at radius 3 is 2.45 bits per heavy atom. The molecule has 5 nitrogen and oxygen atoms in total. The van der Waals surface area contributed by atoms with E-state index in [9.17, 15) is 4.79 Å². The third kappa shape index (κ3) is 4.42. The molecule has 112 valence electrons. The van der Waals surface area contributed by atoms with E-state index in [1.807, 2.05) is 32.0 Å². The lowest BCUT2D eigenvalue weighted by Crippen LogP contribution is -2.46. The third-order valence-corrected chi connectivity index (χ3v) is 3.19. The van der Waals surface area contributed by atoms with Gasteiger partial charge in [-0.15, -0.1) is 0 Å². The molecule has 0 radical (unpaired) electrons. The molecule has 1 unspecified atom stereocenters. The van der Waals surface area contributed by atoms with Gasteiger partial charge in [0.1, 0.15) is 0 Å². The molecule has 0 bridgehead atoms. The lowest BCUT2D eigenvalue weighted by molar-refractivity contribution is -0.138. The number of nitrogens with one attached hydrogen (secondary N) is 1. The molecule has 1 atom stereocenters. The summed E-state index contributed by atoms with van der Waals surface area (Å²) in [6.07, 6.45) is 0.669. The van der Waals surface area contributed by atoms with Gasteiger partial charge in [0, 0.05) is 5.54 Å². The summed E-state index contributed by atoms with van der Waals surface area (Å²) in [7, 11) is 3.17. The van der Waals surface area contributed by atoms with Crippen LogP contribution in [-0.4, -0.2) is 37.4 Å². The minimum absolute atomic E-state index is 0.0647. The molecule has 1 aromatic rings. The molecule has 20 heavy (non-hydrogen) atoms. The van der Waals surface area contributed by atoms with Crippen molar-refractivity contribution in [3.8, 4) is 11.5 Å². The number of methoxy groups -OCH3 is 2. The van der Waals surface area contributed by atoms with Crippen LogP contribution < -0.4 is 14.8 Å². The first-order valence-electron chi connectivity index (χ1n) is 6.62. The molecule has 1 aromatic carbocycles. The monoisotopic (exact) mass is 281 g/mol. The number of rotatable bonds is 8. The van der Waals surface area contributed by atoms with Crippen LogP contribution in [0, 0.1) is 0 Å². The highest BCUT2D eigenvalue weighted by Gasteiger charge is 2.27. The second-order valence-electron chi connectivity index (χ2n) is 5.03. The Morgan fingerprint density at radius 2 is 1.95 bits per heavy atom. The van der Waals surface area contributed by atoms with E-state index in [0.717, 1.165) is 12.1 Å². The molecule has 0 fully saturated rings. The number of hydrogen-bond donors (Lipinski definition) is 2. The average Bonchev–Trinajstić information content (AvgIpc) is 2.37. The van der Waals surface area contributed by atoms with Gasteiger partial charge in [0.25, 0.3) is 0 Å². The maximum Gasteiger partial charge on any atom is 0.305 e. The zero-order chi connectivity index (χ0) is 15.2. The number of carboxylic acids is 1. The summed E-state index contributed by atoms with van der Waals surface area (Å²) in [5.41, 5.74) is 0.521. The Morgan fingerprint density at radius 1 is 1.30 bits per heavy atom. The number of carbonyl (C=O) groups is 1. The van der Waals surface area contributed by atoms with Crippen LogP contribution in [-0.2, 0) is 11.2 Å². The number of benzene rings is 1. The normalized spacial score (nSPS) is 13.6. The van der Waals surface area contributed by atoms with Crippen molar-refractivity contribution in [2.24, 2.45) is 0 Å². The smallest absolute Gasteiger partial charge is 0.305 e. The summed E-state index contributed by atoms with van der Waals surface area (Å²) in [4.78, 5) is 11.0. The zero-order valence-corrected chi connectivity index (χ0v) is 12.5. The number of likely N-dealkylation sites (N-methyl/N-ethyl adjacent to an activating group) is 1. The summed E-state index contributed by atoms with van der Waals surface area (Å²) in [6.45, 7) is 4.60. The highest BCUT2D eigenvalue weighted by Crippen LogP contribution is 2.29. The predicted molar refractivity (Wildman–Crippen MR) is 77.6 cm³/mol. The van der Waals surface area contributed by atoms with E-state index < -0.39 is 11.5 Å². The van der Waals surface area contributed by atoms with Crippen molar-refractivity contribution in [3.63, 3.8) is 0 Å². The van der Waals surface area contributed by atoms with Crippen LogP contribution in [0.4, 0.5) is 0 Å². The molecule has 0 heterocycles. The van der Waals surface area contributed by atoms with Gasteiger partial charge in [0.05, 0.1) is 20.6 Å². The Kier molecular flexibility index (Phi) is 5.82. The fraction of sp³-hybridized carbons (Fsp3) is 0.533. The van der Waals surface area contributed by atoms with Gasteiger partial charge in [0.15, 0.2) is 11.5 Å². The highest BCUT2D eigenvalue weighted by molar-refractivity contribution is 5.68. The van der Waals surface area contributed by atoms with Gasteiger partial charge in [-0.1, -0.05) is 13.0 Å². The Bertz CT molecular complexity index is 461. The number of hydrogen-bond acceptors (Lipinski definition) is 4. The number of ether oxygens (including phenoxy) is 2. The predicted octanol–water partition coefficient (Wildman–Crippen LogP) is 2.09. The van der Waals surface area contributed by atoms with Crippen LogP contribution in [0.3, 0.4) is 0 Å². The van der Waals surface area contributed by atoms with Crippen LogP contribution in [0.25, 0.3) is 0 Å². The van der Waals surface area contributed by atoms with Crippen molar-refractivity contribution in [1.82, 2.24) is 5.32 Å². The maximum atomic E-state index is 11.0. The molecule has 0 amide bonds. The van der Waals surface area contributed by atoms with Gasteiger partial charge in [-0.3, -0.25) is 4.79 Å². The fourth-order valence-electron chi connectivity index (χ4n) is 2.39. The van der Waals surface area contributed by atoms with Crippen LogP contribution in [0.15, 0.2) is 18.2 Å². The van der Waals surface area contributed by atoms with E-state index >= 15 is 0 Å². The first kappa shape index (κ1) is 16.3. The molecular formula is C15H23NO4. The van der Waals surface area contributed by atoms with Gasteiger partial charge in [-0.25, -0.2) is 0 Å². The number of aliphatic carboxylic acids is 1. The highest BCUT2D eigenvalue weighted by atomic mass is 16.5. The molecule has 0 aliphatic carbocycles. The zero-order valence-electron chi connectivity index (χ0n) is 12.5. The molecule has 0 aliphatic heterocycles. The van der Waals surface area contributed by atoms with E-state index in [4.69, 9.17) is 14.6 Å². The van der Waals surface area contributed by atoms with E-state index in [-0.39, 0.29) is 6.42 Å². The quantitative estimate of drug-likeness (QED) is 0.763. The molecule has 0 saturated heterocycles. The van der Waals surface area contributed by atoms with Gasteiger partial charge in [-0.2, -0.15) is 0 Å². The molecule has 1 rings (SSSR count). The van der Waals surface area contributed by atoms with Crippen molar-refractivity contribution in [1.29, 1.82) is 0 Å². The lowest BCUT2D eigenvalue weighted by atomic mass is 9.89. The lowest BCUT2D eigenvalue weighted by Gasteiger charge is -2.29. The SMILES string of the molecule is CCNC(C)(CC(=O)O)Cc1ccc(OC)c(OC)c1. The minimum atomic E-state index is -0.811. The Hall–Kier alpha value is -1.75. The minimum Gasteiger partial charge on any atom is -0.493 e. The van der Waals surface area contributed by atoms with Crippen LogP contribution >= 0.6 is 0 Å². The summed E-state index contributed by atoms with van der Waals surface area (Å²) in [5, 5.41) is 12.3. The Balaban J connectivity index is 2.96. The first-order valence-corrected chi connectivity index (χ1v) is 6.62. The topological polar surface area (TPSA) is 67.8 Å². The van der Waals surface area contributed by atoms with Crippen molar-refractivity contribution in [2.75, 3.05) is 20.8 Å². The third-order valence-electron chi connectivity index (χ3n) is 3.19. The standard InChI is InChI=1S/C15H23NO4/c1-5-16-15(2,10-14(17)18)9-11-6-7-12(19-3)13(8-11)20-4/h6-8,16H,5,9-10H2,1-4H3,(H,17,18). The molecule has 0 aliphatic rings. The van der Waals surface area contributed by atoms with Crippen LogP contribution in [0.2, 0.25) is 0 Å². The van der Waals surface area contributed by atoms with Gasteiger partial charge in [0.2, 0.25) is 0 Å². The first-order chi connectivity index (χ1) is 9.44. The second kappa shape index (κ2) is 7.14. The molecule has 2 N–H and O–H groups in total. The van der Waals surface area contributed by atoms with Gasteiger partial charge in [-0.05, 0) is 37.6 Å². The number of carboxylic acid groups (broad SMARTS) is 1. The summed E-state index contributed by atoms with van der Waals surface area (Å²) in [6, 6.07) is 5.65. The summed E-state index contributed by atoms with van der Waals surface area (Å²) < 4.78 is 10.5. The van der Waals surface area contributed by atoms with Crippen LogP contribution in [0.1, 0.15) is 25.8 Å². The molecular weight excluding hydrogens is 258 g/mol. The molecule has 0 saturated carbocycles. The average molecular weight is 281 g/mol. The maximum absolute atomic E-state index is 11.0. The summed E-state index contributed by atoms with van der Waals surface area (Å²) in [5.74, 6) is 0.507. The van der Waals surface area contributed by atoms with Crippen molar-refractivity contribution < 1.29 is 19.4 Å². The van der Waals surface area contributed by atoms with E-state index in [0.29, 0.717) is 17.9 Å². The van der Waals surface area contributed by atoms with E-state index in [1.165, 1.54) is 0 Å². The molecule has 0 aromatic heterocycles. The van der Waals surface area contributed by atoms with Gasteiger partial charge >= 0.3 is 5.97 Å². The summed E-state index contributed by atoms with van der Waals surface area (Å²) >= 11 is 0. The Labute approximate surface area is 119 Å². The molecule has 5 heteroatoms. The van der Waals surface area contributed by atoms with Crippen LogP contribution in [0.5, 0.6) is 11.5 Å².